The summed E-state index contributed by atoms with van der Waals surface area (Å²) < 4.78 is 13.3. The number of aromatic nitrogens is 2. The smallest absolute Gasteiger partial charge is 0.259 e. The van der Waals surface area contributed by atoms with E-state index in [1.54, 1.807) is 12.1 Å². The van der Waals surface area contributed by atoms with Crippen LogP contribution in [0.1, 0.15) is 21.5 Å². The summed E-state index contributed by atoms with van der Waals surface area (Å²) in [7, 11) is 0. The number of nitrogens with one attached hydrogen (secondary N) is 1. The molecule has 6 nitrogen and oxygen atoms in total. The van der Waals surface area contributed by atoms with Crippen molar-refractivity contribution in [1.29, 1.82) is 0 Å². The van der Waals surface area contributed by atoms with Gasteiger partial charge in [-0.1, -0.05) is 18.2 Å². The second-order valence-electron chi connectivity index (χ2n) is 7.41. The Hall–Kier alpha value is -3.80. The molecule has 0 bridgehead atoms. The van der Waals surface area contributed by atoms with Gasteiger partial charge >= 0.3 is 0 Å². The van der Waals surface area contributed by atoms with Crippen LogP contribution in [0.5, 0.6) is 11.5 Å². The first-order valence-electron chi connectivity index (χ1n) is 9.85. The minimum atomic E-state index is -0.233. The number of benzene rings is 2. The maximum absolute atomic E-state index is 13.0. The van der Waals surface area contributed by atoms with E-state index in [4.69, 9.17) is 14.5 Å². The molecule has 0 saturated carbocycles. The van der Waals surface area contributed by atoms with Gasteiger partial charge in [0.15, 0.2) is 11.5 Å². The van der Waals surface area contributed by atoms with Crippen LogP contribution in [0.3, 0.4) is 0 Å². The average Bonchev–Trinajstić information content (AvgIpc) is 3.18. The van der Waals surface area contributed by atoms with Crippen molar-refractivity contribution in [3.05, 3.63) is 77.6 Å². The van der Waals surface area contributed by atoms with Crippen LogP contribution in [-0.2, 0) is 0 Å². The van der Waals surface area contributed by atoms with Gasteiger partial charge in [-0.2, -0.15) is 0 Å². The third-order valence-corrected chi connectivity index (χ3v) is 5.21. The van der Waals surface area contributed by atoms with E-state index in [9.17, 15) is 4.79 Å². The fraction of sp³-hybridized carbons (Fsp3) is 0.167. The number of para-hydroxylation sites is 1. The van der Waals surface area contributed by atoms with Crippen LogP contribution >= 0.6 is 0 Å². The normalized spacial score (nSPS) is 12.7. The fourth-order valence-corrected chi connectivity index (χ4v) is 3.58. The molecule has 2 aromatic carbocycles. The van der Waals surface area contributed by atoms with Gasteiger partial charge in [0.1, 0.15) is 18.9 Å². The largest absolute Gasteiger partial charge is 0.486 e. The zero-order chi connectivity index (χ0) is 20.7. The lowest BCUT2D eigenvalue weighted by atomic mass is 10.1. The van der Waals surface area contributed by atoms with Crippen molar-refractivity contribution in [2.75, 3.05) is 18.5 Å². The van der Waals surface area contributed by atoms with E-state index >= 15 is 0 Å². The molecule has 1 aliphatic heterocycles. The third kappa shape index (κ3) is 3.26. The highest BCUT2D eigenvalue weighted by Crippen LogP contribution is 2.34. The van der Waals surface area contributed by atoms with Crippen LogP contribution in [0, 0.1) is 13.8 Å². The lowest BCUT2D eigenvalue weighted by molar-refractivity contribution is 0.101. The number of pyridine rings is 1. The van der Waals surface area contributed by atoms with Crippen molar-refractivity contribution < 1.29 is 14.3 Å². The Morgan fingerprint density at radius 3 is 2.83 bits per heavy atom. The summed E-state index contributed by atoms with van der Waals surface area (Å²) in [6.07, 6.45) is 3.99. The molecule has 0 aliphatic carbocycles. The summed E-state index contributed by atoms with van der Waals surface area (Å²) >= 11 is 0. The van der Waals surface area contributed by atoms with E-state index in [1.807, 2.05) is 67.0 Å². The predicted octanol–water partition coefficient (Wildman–Crippen LogP) is 4.64. The summed E-state index contributed by atoms with van der Waals surface area (Å²) in [5, 5.41) is 3.02. The summed E-state index contributed by atoms with van der Waals surface area (Å²) in [5.74, 6) is 0.855. The lowest BCUT2D eigenvalue weighted by Crippen LogP contribution is -2.20. The van der Waals surface area contributed by atoms with Gasteiger partial charge in [-0.05, 0) is 55.3 Å². The van der Waals surface area contributed by atoms with Crippen molar-refractivity contribution in [2.45, 2.75) is 13.8 Å². The molecule has 3 heterocycles. The van der Waals surface area contributed by atoms with Gasteiger partial charge in [-0.3, -0.25) is 4.79 Å². The number of hydrogen-bond acceptors (Lipinski definition) is 4. The van der Waals surface area contributed by atoms with Crippen molar-refractivity contribution >= 4 is 17.2 Å². The SMILES string of the molecule is Cc1ccn2cc(-c3ccc(C)c(NC(=O)c4cccc5c4OCCO5)c3)nc2c1. The molecule has 0 atom stereocenters. The Morgan fingerprint density at radius 2 is 1.93 bits per heavy atom. The Kier molecular flexibility index (Phi) is 4.39. The Bertz CT molecular complexity index is 1280. The average molecular weight is 399 g/mol. The number of carbonyl (C=O) groups is 1. The van der Waals surface area contributed by atoms with Crippen LogP contribution in [0.25, 0.3) is 16.9 Å². The summed E-state index contributed by atoms with van der Waals surface area (Å²) in [5.41, 5.74) is 6.00. The molecule has 0 saturated heterocycles. The summed E-state index contributed by atoms with van der Waals surface area (Å²) in [4.78, 5) is 17.7. The predicted molar refractivity (Wildman–Crippen MR) is 115 cm³/mol. The molecule has 1 N–H and O–H groups in total. The number of ether oxygens (including phenoxy) is 2. The summed E-state index contributed by atoms with van der Waals surface area (Å²) in [6, 6.07) is 15.4. The minimum absolute atomic E-state index is 0.233. The zero-order valence-corrected chi connectivity index (χ0v) is 16.8. The first-order chi connectivity index (χ1) is 14.6. The third-order valence-electron chi connectivity index (χ3n) is 5.21. The number of carbonyl (C=O) groups excluding carboxylic acids is 1. The molecule has 4 aromatic rings. The number of imidazole rings is 1. The van der Waals surface area contributed by atoms with Crippen molar-refractivity contribution in [3.63, 3.8) is 0 Å². The standard InChI is InChI=1S/C24H21N3O3/c1-15-8-9-27-14-20(25-22(27)12-15)17-7-6-16(2)19(13-17)26-24(28)18-4-3-5-21-23(18)30-11-10-29-21/h3-9,12-14H,10-11H2,1-2H3,(H,26,28). The Labute approximate surface area is 174 Å². The van der Waals surface area contributed by atoms with Crippen LogP contribution in [-0.4, -0.2) is 28.5 Å². The minimum Gasteiger partial charge on any atom is -0.486 e. The van der Waals surface area contributed by atoms with Crippen LogP contribution in [0.2, 0.25) is 0 Å². The van der Waals surface area contributed by atoms with Gasteiger partial charge in [0.25, 0.3) is 5.91 Å². The fourth-order valence-electron chi connectivity index (χ4n) is 3.58. The maximum atomic E-state index is 13.0. The number of nitrogens with zero attached hydrogens (tertiary/aromatic N) is 2. The number of aryl methyl sites for hydroxylation is 2. The molecule has 0 fully saturated rings. The first kappa shape index (κ1) is 18.2. The van der Waals surface area contributed by atoms with Crippen molar-refractivity contribution in [2.24, 2.45) is 0 Å². The van der Waals surface area contributed by atoms with E-state index < -0.39 is 0 Å². The quantitative estimate of drug-likeness (QED) is 0.545. The molecule has 1 aliphatic rings. The Morgan fingerprint density at radius 1 is 1.07 bits per heavy atom. The van der Waals surface area contributed by atoms with Crippen molar-refractivity contribution in [3.8, 4) is 22.8 Å². The molecule has 2 aromatic heterocycles. The second-order valence-corrected chi connectivity index (χ2v) is 7.41. The highest BCUT2D eigenvalue weighted by atomic mass is 16.6. The van der Waals surface area contributed by atoms with Crippen LogP contribution in [0.4, 0.5) is 5.69 Å². The zero-order valence-electron chi connectivity index (χ0n) is 16.8. The number of anilines is 1. The molecule has 0 spiro atoms. The number of fused-ring (bicyclic) bond motifs is 2. The molecule has 5 rings (SSSR count). The molecule has 1 amide bonds. The van der Waals surface area contributed by atoms with Crippen LogP contribution in [0.15, 0.2) is 60.9 Å². The van der Waals surface area contributed by atoms with Crippen molar-refractivity contribution in [1.82, 2.24) is 9.38 Å². The number of rotatable bonds is 3. The van der Waals surface area contributed by atoms with Gasteiger partial charge in [0.05, 0.1) is 11.3 Å². The first-order valence-corrected chi connectivity index (χ1v) is 9.85. The molecule has 30 heavy (non-hydrogen) atoms. The van der Waals surface area contributed by atoms with Gasteiger partial charge in [-0.15, -0.1) is 0 Å². The van der Waals surface area contributed by atoms with E-state index in [1.165, 1.54) is 0 Å². The van der Waals surface area contributed by atoms with E-state index in [0.29, 0.717) is 30.3 Å². The number of hydrogen-bond donors (Lipinski definition) is 1. The summed E-state index contributed by atoms with van der Waals surface area (Å²) in [6.45, 7) is 4.92. The van der Waals surface area contributed by atoms with E-state index in [0.717, 1.165) is 33.7 Å². The Balaban J connectivity index is 1.47. The monoisotopic (exact) mass is 399 g/mol. The topological polar surface area (TPSA) is 64.9 Å². The molecule has 150 valence electrons. The van der Waals surface area contributed by atoms with Gasteiger partial charge in [-0.25, -0.2) is 4.98 Å². The lowest BCUT2D eigenvalue weighted by Gasteiger charge is -2.20. The maximum Gasteiger partial charge on any atom is 0.259 e. The molecular weight excluding hydrogens is 378 g/mol. The van der Waals surface area contributed by atoms with E-state index in [2.05, 4.69) is 5.32 Å². The van der Waals surface area contributed by atoms with E-state index in [-0.39, 0.29) is 5.91 Å². The second kappa shape index (κ2) is 7.22. The molecular formula is C24H21N3O3. The van der Waals surface area contributed by atoms with Gasteiger partial charge in [0, 0.05) is 23.6 Å². The highest BCUT2D eigenvalue weighted by molar-refractivity contribution is 6.07. The number of amides is 1. The highest BCUT2D eigenvalue weighted by Gasteiger charge is 2.21. The molecule has 0 unspecified atom stereocenters. The van der Waals surface area contributed by atoms with Gasteiger partial charge < -0.3 is 19.2 Å². The molecule has 0 radical (unpaired) electrons. The molecule has 6 heteroatoms. The van der Waals surface area contributed by atoms with Crippen LogP contribution < -0.4 is 14.8 Å². The van der Waals surface area contributed by atoms with Gasteiger partial charge in [0.2, 0.25) is 0 Å².